The van der Waals surface area contributed by atoms with E-state index in [-0.39, 0.29) is 29.5 Å². The summed E-state index contributed by atoms with van der Waals surface area (Å²) in [6.07, 6.45) is 0.205. The van der Waals surface area contributed by atoms with Crippen molar-refractivity contribution in [2.45, 2.75) is 164 Å². The van der Waals surface area contributed by atoms with Crippen LogP contribution < -0.4 is 0 Å². The van der Waals surface area contributed by atoms with Crippen molar-refractivity contribution in [1.82, 2.24) is 0 Å². The van der Waals surface area contributed by atoms with E-state index in [0.29, 0.717) is 24.3 Å². The van der Waals surface area contributed by atoms with Crippen molar-refractivity contribution in [2.24, 2.45) is 35.0 Å². The molecule has 0 aromatic rings. The quantitative estimate of drug-likeness (QED) is 0.231. The molecule has 0 aliphatic carbocycles. The van der Waals surface area contributed by atoms with E-state index in [2.05, 4.69) is 61.6 Å². The average Bonchev–Trinajstić information content (AvgIpc) is 2.92. The summed E-state index contributed by atoms with van der Waals surface area (Å²) in [7, 11) is -2.30. The maximum absolute atomic E-state index is 13.9. The number of esters is 1. The average molecular weight is 655 g/mol. The first-order valence-electron chi connectivity index (χ1n) is 17.2. The molecule has 1 fully saturated rings. The fourth-order valence-electron chi connectivity index (χ4n) is 6.87. The lowest BCUT2D eigenvalue weighted by Crippen LogP contribution is -2.53. The van der Waals surface area contributed by atoms with E-state index in [1.165, 1.54) is 6.08 Å². The molecule has 2 aliphatic rings. The van der Waals surface area contributed by atoms with Gasteiger partial charge in [0.1, 0.15) is 11.7 Å². The fourth-order valence-corrected chi connectivity index (χ4v) is 7.89. The van der Waals surface area contributed by atoms with Gasteiger partial charge in [0.2, 0.25) is 0 Å². The van der Waals surface area contributed by atoms with E-state index < -0.39 is 67.7 Å². The zero-order valence-corrected chi connectivity index (χ0v) is 32.0. The fraction of sp³-hybridized carbons (Fsp3) is 0.889. The number of ether oxygens (including phenoxy) is 3. The summed E-state index contributed by atoms with van der Waals surface area (Å²) in [5.74, 6) is -1.97. The highest BCUT2D eigenvalue weighted by atomic mass is 28.4. The molecule has 0 bridgehead atoms. The number of aliphatic hydroxyl groups is 2. The maximum atomic E-state index is 13.9. The van der Waals surface area contributed by atoms with Crippen LogP contribution in [0.1, 0.15) is 109 Å². The number of cyclic esters (lactones) is 1. The summed E-state index contributed by atoms with van der Waals surface area (Å²) in [5, 5.41) is 23.7. The zero-order valence-electron chi connectivity index (χ0n) is 31.0. The minimum absolute atomic E-state index is 0.0376. The Morgan fingerprint density at radius 1 is 1.04 bits per heavy atom. The summed E-state index contributed by atoms with van der Waals surface area (Å²) in [6, 6.07) is 0. The Bertz CT molecular complexity index is 1050. The number of hydrogen-bond acceptors (Lipinski definition) is 8. The molecule has 0 aromatic carbocycles. The largest absolute Gasteiger partial charge is 0.459 e. The first-order valence-corrected chi connectivity index (χ1v) is 20.1. The van der Waals surface area contributed by atoms with Gasteiger partial charge in [0.05, 0.1) is 30.8 Å². The molecule has 2 rings (SSSR count). The summed E-state index contributed by atoms with van der Waals surface area (Å²) in [5.41, 5.74) is -1.91. The summed E-state index contributed by atoms with van der Waals surface area (Å²) in [4.78, 5) is 27.6. The topological polar surface area (TPSA) is 112 Å². The smallest absolute Gasteiger partial charge is 0.311 e. The van der Waals surface area contributed by atoms with Gasteiger partial charge in [-0.2, -0.15) is 0 Å². The lowest BCUT2D eigenvalue weighted by molar-refractivity contribution is -0.273. The molecule has 2 aliphatic heterocycles. The summed E-state index contributed by atoms with van der Waals surface area (Å²) in [6.45, 7) is 29.9. The van der Waals surface area contributed by atoms with Crippen LogP contribution >= 0.6 is 0 Å². The minimum Gasteiger partial charge on any atom is -0.459 e. The number of carbonyl (C=O) groups excluding carboxylic acids is 2. The third kappa shape index (κ3) is 9.50. The van der Waals surface area contributed by atoms with Crippen molar-refractivity contribution in [3.05, 3.63) is 11.6 Å². The molecule has 0 radical (unpaired) electrons. The van der Waals surface area contributed by atoms with Crippen LogP contribution in [-0.2, 0) is 28.2 Å². The lowest BCUT2D eigenvalue weighted by Gasteiger charge is -2.46. The number of hydrogen-bond donors (Lipinski definition) is 2. The molecular weight excluding hydrogens is 588 g/mol. The number of aliphatic hydroxyl groups excluding tert-OH is 1. The Kier molecular flexibility index (Phi) is 13.3. The first kappa shape index (κ1) is 40.1. The third-order valence-electron chi connectivity index (χ3n) is 11.1. The predicted molar refractivity (Wildman–Crippen MR) is 181 cm³/mol. The van der Waals surface area contributed by atoms with Crippen LogP contribution in [0.25, 0.3) is 0 Å². The van der Waals surface area contributed by atoms with Gasteiger partial charge in [-0.25, -0.2) is 0 Å². The van der Waals surface area contributed by atoms with Crippen LogP contribution in [0.5, 0.6) is 0 Å². The number of rotatable bonds is 6. The Morgan fingerprint density at radius 3 is 2.16 bits per heavy atom. The van der Waals surface area contributed by atoms with Gasteiger partial charge in [-0.15, -0.1) is 0 Å². The highest BCUT2D eigenvalue weighted by molar-refractivity contribution is 6.74. The number of Topliss-reactive ketones (excluding diaryl/α,β-unsaturated/α-hetero) is 1. The van der Waals surface area contributed by atoms with Gasteiger partial charge in [-0.3, -0.25) is 9.59 Å². The molecule has 9 heteroatoms. The number of carbonyl (C=O) groups is 2. The first-order chi connectivity index (χ1) is 20.4. The molecular formula is C36H66O8Si. The van der Waals surface area contributed by atoms with Crippen LogP contribution in [0.15, 0.2) is 11.6 Å². The second kappa shape index (κ2) is 15.0. The van der Waals surface area contributed by atoms with Gasteiger partial charge >= 0.3 is 5.97 Å². The summed E-state index contributed by atoms with van der Waals surface area (Å²) < 4.78 is 25.5. The van der Waals surface area contributed by atoms with E-state index in [0.717, 1.165) is 6.42 Å². The van der Waals surface area contributed by atoms with Crippen molar-refractivity contribution in [3.63, 3.8) is 0 Å². The molecule has 2 heterocycles. The SMILES string of the molecule is CC[C@H]1OC(=O)[C@H](C)[C@@H](O)[C@H](C)[C@@H](O[C@@H]2O[C@H](C)C[C@H](C)[C@H]2C)C(C)(C)C[C@@H](C)C(=O)/C(C)=C/[C@@]1(O)CO[Si](C)(C)C(C)(C)C. The number of allylic oxidation sites excluding steroid dienone is 1. The van der Waals surface area contributed by atoms with Crippen LogP contribution in [0, 0.1) is 35.0 Å². The molecule has 0 amide bonds. The number of ketones is 1. The van der Waals surface area contributed by atoms with Crippen molar-refractivity contribution in [1.29, 1.82) is 0 Å². The van der Waals surface area contributed by atoms with Crippen molar-refractivity contribution in [2.75, 3.05) is 6.61 Å². The molecule has 0 aromatic heterocycles. The highest BCUT2D eigenvalue weighted by Gasteiger charge is 2.48. The molecule has 0 spiro atoms. The van der Waals surface area contributed by atoms with Gasteiger partial charge in [0.15, 0.2) is 20.4 Å². The lowest BCUT2D eigenvalue weighted by atomic mass is 9.70. The molecule has 0 unspecified atom stereocenters. The molecule has 0 saturated carbocycles. The van der Waals surface area contributed by atoms with Crippen LogP contribution in [0.3, 0.4) is 0 Å². The molecule has 2 N–H and O–H groups in total. The van der Waals surface area contributed by atoms with E-state index in [4.69, 9.17) is 18.6 Å². The van der Waals surface area contributed by atoms with E-state index in [9.17, 15) is 19.8 Å². The zero-order chi connectivity index (χ0) is 34.9. The normalized spacial score (nSPS) is 40.7. The van der Waals surface area contributed by atoms with E-state index in [1.807, 2.05) is 27.7 Å². The van der Waals surface area contributed by atoms with Crippen LogP contribution in [0.2, 0.25) is 18.1 Å². The molecule has 1 saturated heterocycles. The van der Waals surface area contributed by atoms with Gasteiger partial charge in [-0.05, 0) is 81.1 Å². The molecule has 8 nitrogen and oxygen atoms in total. The predicted octanol–water partition coefficient (Wildman–Crippen LogP) is 7.07. The maximum Gasteiger partial charge on any atom is 0.311 e. The van der Waals surface area contributed by atoms with Crippen molar-refractivity contribution in [3.8, 4) is 0 Å². The Labute approximate surface area is 275 Å². The summed E-state index contributed by atoms with van der Waals surface area (Å²) >= 11 is 0. The van der Waals surface area contributed by atoms with Crippen LogP contribution in [-0.4, -0.2) is 73.2 Å². The second-order valence-corrected chi connectivity index (χ2v) is 21.6. The highest BCUT2D eigenvalue weighted by Crippen LogP contribution is 2.43. The Balaban J connectivity index is 2.60. The standard InChI is InChI=1S/C36H66O8Si/c1-16-28-36(40,20-41-45(14,15)34(9,10)11)19-23(4)29(37)22(3)18-35(12,13)31(26(7)30(38)27(8)32(39)43-28)44-33-25(6)21(2)17-24(5)42-33/h19,21-22,24-28,30-31,33,38,40H,16-18,20H2,1-15H3/b23-19+/t21-,22+,24+,25+,26-,27+,28+,30-,31+,33-,36+/m0/s1. The minimum atomic E-state index is -2.30. The second-order valence-electron chi connectivity index (χ2n) is 16.7. The molecule has 11 atom stereocenters. The van der Waals surface area contributed by atoms with Gasteiger partial charge < -0.3 is 28.8 Å². The third-order valence-corrected chi connectivity index (χ3v) is 15.6. The van der Waals surface area contributed by atoms with Gasteiger partial charge in [0, 0.05) is 17.8 Å². The molecule has 45 heavy (non-hydrogen) atoms. The Morgan fingerprint density at radius 2 is 1.62 bits per heavy atom. The van der Waals surface area contributed by atoms with Crippen LogP contribution in [0.4, 0.5) is 0 Å². The van der Waals surface area contributed by atoms with Gasteiger partial charge in [-0.1, -0.05) is 69.2 Å². The van der Waals surface area contributed by atoms with E-state index in [1.54, 1.807) is 13.8 Å². The molecule has 262 valence electrons. The van der Waals surface area contributed by atoms with E-state index >= 15 is 0 Å². The van der Waals surface area contributed by atoms with Crippen molar-refractivity contribution < 1.29 is 38.4 Å². The Hall–Kier alpha value is -1.10. The monoisotopic (exact) mass is 654 g/mol. The van der Waals surface area contributed by atoms with Crippen molar-refractivity contribution >= 4 is 20.1 Å². The van der Waals surface area contributed by atoms with Gasteiger partial charge in [0.25, 0.3) is 0 Å².